The SMILES string of the molecule is c1ccc2c(c1)C1C[C@@H](CN3CCCC3)C2c2ccccc21. The smallest absolute Gasteiger partial charge is 0.0136 e. The number of likely N-dealkylation sites (tertiary alicyclic amines) is 1. The van der Waals surface area contributed by atoms with Crippen molar-refractivity contribution >= 4 is 0 Å². The van der Waals surface area contributed by atoms with Crippen molar-refractivity contribution in [3.05, 3.63) is 70.8 Å². The number of rotatable bonds is 2. The Hall–Kier alpha value is -1.60. The van der Waals surface area contributed by atoms with Crippen molar-refractivity contribution in [1.82, 2.24) is 4.90 Å². The van der Waals surface area contributed by atoms with Gasteiger partial charge in [-0.3, -0.25) is 0 Å². The minimum absolute atomic E-state index is 0.623. The van der Waals surface area contributed by atoms with E-state index in [1.54, 1.807) is 22.3 Å². The molecule has 0 spiro atoms. The van der Waals surface area contributed by atoms with Gasteiger partial charge in [0.15, 0.2) is 0 Å². The lowest BCUT2D eigenvalue weighted by atomic mass is 9.59. The Balaban J connectivity index is 1.59. The molecule has 112 valence electrons. The van der Waals surface area contributed by atoms with Crippen molar-refractivity contribution in [2.45, 2.75) is 31.1 Å². The van der Waals surface area contributed by atoms with E-state index in [-0.39, 0.29) is 0 Å². The number of benzene rings is 2. The monoisotopic (exact) mass is 289 g/mol. The van der Waals surface area contributed by atoms with Gasteiger partial charge in [-0.15, -0.1) is 0 Å². The van der Waals surface area contributed by atoms with Crippen LogP contribution in [0.1, 0.15) is 53.4 Å². The van der Waals surface area contributed by atoms with Crippen LogP contribution in [0.3, 0.4) is 0 Å². The van der Waals surface area contributed by atoms with Crippen LogP contribution in [0.2, 0.25) is 0 Å². The van der Waals surface area contributed by atoms with Gasteiger partial charge in [0, 0.05) is 18.4 Å². The standard InChI is InChI=1S/C21H23N/c1-3-9-18-16(7-1)20-13-15(14-22-11-5-6-12-22)21(18)19-10-4-2-8-17(19)20/h1-4,7-10,15,20-21H,5-6,11-14H2/t15-,20?,21?/m0/s1. The number of nitrogens with zero attached hydrogens (tertiary/aromatic N) is 1. The second kappa shape index (κ2) is 4.96. The highest BCUT2D eigenvalue weighted by Gasteiger charge is 2.43. The van der Waals surface area contributed by atoms with Crippen LogP contribution in [0.15, 0.2) is 48.5 Å². The van der Waals surface area contributed by atoms with E-state index in [0.717, 1.165) is 5.92 Å². The molecular formula is C21H23N. The zero-order chi connectivity index (χ0) is 14.5. The van der Waals surface area contributed by atoms with Gasteiger partial charge in [-0.1, -0.05) is 48.5 Å². The molecule has 1 heteroatoms. The van der Waals surface area contributed by atoms with Crippen LogP contribution in [0, 0.1) is 5.92 Å². The van der Waals surface area contributed by atoms with E-state index >= 15 is 0 Å². The highest BCUT2D eigenvalue weighted by Crippen LogP contribution is 2.55. The predicted octanol–water partition coefficient (Wildman–Crippen LogP) is 4.38. The van der Waals surface area contributed by atoms with Crippen LogP contribution in [0.25, 0.3) is 0 Å². The van der Waals surface area contributed by atoms with Crippen molar-refractivity contribution in [2.24, 2.45) is 5.92 Å². The maximum Gasteiger partial charge on any atom is 0.0136 e. The van der Waals surface area contributed by atoms with Gasteiger partial charge in [-0.2, -0.15) is 0 Å². The first-order chi connectivity index (χ1) is 10.9. The van der Waals surface area contributed by atoms with Gasteiger partial charge >= 0.3 is 0 Å². The highest BCUT2D eigenvalue weighted by atomic mass is 15.1. The first-order valence-electron chi connectivity index (χ1n) is 8.82. The molecule has 2 aromatic rings. The molecule has 1 aliphatic heterocycles. The molecule has 6 rings (SSSR count). The van der Waals surface area contributed by atoms with Gasteiger partial charge in [-0.25, -0.2) is 0 Å². The Morgan fingerprint density at radius 2 is 1.32 bits per heavy atom. The maximum atomic E-state index is 2.70. The number of hydrogen-bond donors (Lipinski definition) is 0. The Bertz CT molecular complexity index is 651. The summed E-state index contributed by atoms with van der Waals surface area (Å²) in [5, 5.41) is 0. The summed E-state index contributed by atoms with van der Waals surface area (Å²) in [6, 6.07) is 18.4. The van der Waals surface area contributed by atoms with Crippen molar-refractivity contribution in [3.8, 4) is 0 Å². The van der Waals surface area contributed by atoms with Gasteiger partial charge < -0.3 is 4.90 Å². The second-order valence-electron chi connectivity index (χ2n) is 7.29. The van der Waals surface area contributed by atoms with Gasteiger partial charge in [0.25, 0.3) is 0 Å². The van der Waals surface area contributed by atoms with Crippen LogP contribution < -0.4 is 0 Å². The minimum atomic E-state index is 0.623. The van der Waals surface area contributed by atoms with Crippen molar-refractivity contribution in [2.75, 3.05) is 19.6 Å². The van der Waals surface area contributed by atoms with Gasteiger partial charge in [0.2, 0.25) is 0 Å². The lowest BCUT2D eigenvalue weighted by Crippen LogP contribution is -2.38. The topological polar surface area (TPSA) is 3.24 Å². The van der Waals surface area contributed by atoms with E-state index in [2.05, 4.69) is 53.4 Å². The molecule has 2 bridgehead atoms. The highest BCUT2D eigenvalue weighted by molar-refractivity contribution is 5.55. The first kappa shape index (κ1) is 12.9. The van der Waals surface area contributed by atoms with Crippen molar-refractivity contribution in [1.29, 1.82) is 0 Å². The van der Waals surface area contributed by atoms with Crippen molar-refractivity contribution < 1.29 is 0 Å². The summed E-state index contributed by atoms with van der Waals surface area (Å²) >= 11 is 0. The average Bonchev–Trinajstić information content (AvgIpc) is 3.08. The molecule has 0 amide bonds. The third-order valence-electron chi connectivity index (χ3n) is 6.11. The van der Waals surface area contributed by atoms with E-state index in [1.165, 1.54) is 38.9 Å². The van der Waals surface area contributed by atoms with E-state index in [1.807, 2.05) is 0 Å². The molecule has 1 atom stereocenters. The molecule has 1 nitrogen and oxygen atoms in total. The lowest BCUT2D eigenvalue weighted by molar-refractivity contribution is 0.230. The fraction of sp³-hybridized carbons (Fsp3) is 0.429. The molecule has 2 aromatic carbocycles. The number of hydrogen-bond acceptors (Lipinski definition) is 1. The zero-order valence-corrected chi connectivity index (χ0v) is 13.0. The Kier molecular flexibility index (Phi) is 2.91. The Morgan fingerprint density at radius 1 is 0.773 bits per heavy atom. The van der Waals surface area contributed by atoms with E-state index in [0.29, 0.717) is 11.8 Å². The van der Waals surface area contributed by atoms with Crippen molar-refractivity contribution in [3.63, 3.8) is 0 Å². The molecule has 22 heavy (non-hydrogen) atoms. The summed E-state index contributed by atoms with van der Waals surface area (Å²) < 4.78 is 0. The van der Waals surface area contributed by atoms with Crippen LogP contribution >= 0.6 is 0 Å². The molecule has 0 saturated carbocycles. The van der Waals surface area contributed by atoms with Crippen LogP contribution in [-0.2, 0) is 0 Å². The molecule has 3 aliphatic carbocycles. The van der Waals surface area contributed by atoms with E-state index in [4.69, 9.17) is 0 Å². The summed E-state index contributed by atoms with van der Waals surface area (Å²) in [6.45, 7) is 3.93. The minimum Gasteiger partial charge on any atom is -0.303 e. The molecule has 4 aliphatic rings. The Labute approximate surface area is 133 Å². The van der Waals surface area contributed by atoms with Gasteiger partial charge in [0.05, 0.1) is 0 Å². The normalized spacial score (nSPS) is 29.4. The number of fused-ring (bicyclic) bond motifs is 1. The molecule has 0 unspecified atom stereocenters. The second-order valence-corrected chi connectivity index (χ2v) is 7.29. The third-order valence-corrected chi connectivity index (χ3v) is 6.11. The molecule has 0 radical (unpaired) electrons. The fourth-order valence-corrected chi connectivity index (χ4v) is 5.24. The quantitative estimate of drug-likeness (QED) is 0.793. The van der Waals surface area contributed by atoms with Crippen LogP contribution in [0.5, 0.6) is 0 Å². The average molecular weight is 289 g/mol. The molecule has 0 N–H and O–H groups in total. The molecule has 1 heterocycles. The summed E-state index contributed by atoms with van der Waals surface area (Å²) in [4.78, 5) is 2.70. The van der Waals surface area contributed by atoms with E-state index in [9.17, 15) is 0 Å². The first-order valence-corrected chi connectivity index (χ1v) is 8.82. The predicted molar refractivity (Wildman–Crippen MR) is 90.4 cm³/mol. The van der Waals surface area contributed by atoms with Gasteiger partial charge in [-0.05, 0) is 60.5 Å². The molecule has 1 saturated heterocycles. The summed E-state index contributed by atoms with van der Waals surface area (Å²) in [6.07, 6.45) is 4.14. The van der Waals surface area contributed by atoms with E-state index < -0.39 is 0 Å². The summed E-state index contributed by atoms with van der Waals surface area (Å²) in [5.41, 5.74) is 6.43. The molecule has 1 fully saturated rings. The largest absolute Gasteiger partial charge is 0.303 e. The molecular weight excluding hydrogens is 266 g/mol. The van der Waals surface area contributed by atoms with Gasteiger partial charge in [0.1, 0.15) is 0 Å². The maximum absolute atomic E-state index is 2.70. The summed E-state index contributed by atoms with van der Waals surface area (Å²) in [5.74, 6) is 2.05. The van der Waals surface area contributed by atoms with Crippen LogP contribution in [-0.4, -0.2) is 24.5 Å². The summed E-state index contributed by atoms with van der Waals surface area (Å²) in [7, 11) is 0. The third kappa shape index (κ3) is 1.82. The zero-order valence-electron chi connectivity index (χ0n) is 13.0. The lowest BCUT2D eigenvalue weighted by Gasteiger charge is -2.46. The Morgan fingerprint density at radius 3 is 1.91 bits per heavy atom. The molecule has 0 aromatic heterocycles. The van der Waals surface area contributed by atoms with Crippen LogP contribution in [0.4, 0.5) is 0 Å². The fourth-order valence-electron chi connectivity index (χ4n) is 5.24.